The molecule has 12 nitrogen and oxygen atoms in total. The number of rotatable bonds is 12. The smallest absolute Gasteiger partial charge is 0.322 e. The summed E-state index contributed by atoms with van der Waals surface area (Å²) in [7, 11) is 0. The van der Waals surface area contributed by atoms with Crippen molar-refractivity contribution in [2.45, 2.75) is 31.0 Å². The first-order valence-corrected chi connectivity index (χ1v) is 10.6. The molecule has 0 spiro atoms. The Bertz CT molecular complexity index is 1040. The van der Waals surface area contributed by atoms with E-state index >= 15 is 0 Å². The number of thiol groups is 1. The second-order valence-corrected chi connectivity index (χ2v) is 7.62. The molecule has 2 aromatic rings. The van der Waals surface area contributed by atoms with Crippen LogP contribution in [0, 0.1) is 0 Å². The number of carboxylic acid groups (broad SMARTS) is 1. The highest BCUT2D eigenvalue weighted by atomic mass is 32.1. The number of carbonyl (C=O) groups excluding carboxylic acids is 4. The number of aliphatic carboxylic acids is 1. The topological polar surface area (TPSA) is 209 Å². The van der Waals surface area contributed by atoms with E-state index in [2.05, 4.69) is 33.6 Å². The van der Waals surface area contributed by atoms with Gasteiger partial charge >= 0.3 is 5.97 Å². The lowest BCUT2D eigenvalue weighted by Crippen LogP contribution is -2.57. The summed E-state index contributed by atoms with van der Waals surface area (Å²) >= 11 is 3.98. The van der Waals surface area contributed by atoms with Crippen molar-refractivity contribution in [2.75, 3.05) is 12.3 Å². The molecule has 3 atom stereocenters. The van der Waals surface area contributed by atoms with Gasteiger partial charge in [-0.3, -0.25) is 24.0 Å². The molecule has 178 valence electrons. The molecular weight excluding hydrogens is 452 g/mol. The number of carbonyl (C=O) groups is 5. The fourth-order valence-corrected chi connectivity index (χ4v) is 3.23. The molecule has 0 bridgehead atoms. The molecule has 0 aliphatic carbocycles. The minimum absolute atomic E-state index is 0.0369. The van der Waals surface area contributed by atoms with Crippen molar-refractivity contribution in [3.8, 4) is 0 Å². The molecule has 0 fully saturated rings. The Balaban J connectivity index is 2.26. The number of aromatic nitrogens is 1. The van der Waals surface area contributed by atoms with Gasteiger partial charge in [-0.05, 0) is 11.6 Å². The molecule has 3 unspecified atom stereocenters. The van der Waals surface area contributed by atoms with Crippen molar-refractivity contribution >= 4 is 53.1 Å². The highest BCUT2D eigenvalue weighted by Gasteiger charge is 2.29. The first kappa shape index (κ1) is 25.7. The number of primary amides is 1. The van der Waals surface area contributed by atoms with Crippen molar-refractivity contribution in [1.82, 2.24) is 20.9 Å². The van der Waals surface area contributed by atoms with Crippen molar-refractivity contribution in [1.29, 1.82) is 0 Å². The van der Waals surface area contributed by atoms with Gasteiger partial charge in [0, 0.05) is 29.3 Å². The van der Waals surface area contributed by atoms with E-state index in [0.717, 1.165) is 10.9 Å². The monoisotopic (exact) mass is 478 g/mol. The van der Waals surface area contributed by atoms with Gasteiger partial charge in [-0.25, -0.2) is 0 Å². The number of nitrogens with two attached hydrogens (primary N) is 2. The van der Waals surface area contributed by atoms with Crippen molar-refractivity contribution in [3.63, 3.8) is 0 Å². The van der Waals surface area contributed by atoms with Crippen LogP contribution in [-0.4, -0.2) is 70.1 Å². The van der Waals surface area contributed by atoms with Gasteiger partial charge < -0.3 is 37.5 Å². The second kappa shape index (κ2) is 11.9. The summed E-state index contributed by atoms with van der Waals surface area (Å²) in [5.41, 5.74) is 12.4. The third kappa shape index (κ3) is 7.50. The van der Waals surface area contributed by atoms with Gasteiger partial charge in [0.2, 0.25) is 23.6 Å². The van der Waals surface area contributed by atoms with Crippen LogP contribution >= 0.6 is 12.6 Å². The number of fused-ring (bicyclic) bond motifs is 1. The largest absolute Gasteiger partial charge is 0.480 e. The van der Waals surface area contributed by atoms with Crippen LogP contribution in [0.15, 0.2) is 30.5 Å². The molecule has 9 N–H and O–H groups in total. The van der Waals surface area contributed by atoms with Crippen LogP contribution in [0.2, 0.25) is 0 Å². The normalized spacial score (nSPS) is 13.5. The van der Waals surface area contributed by atoms with E-state index in [1.807, 2.05) is 24.3 Å². The molecule has 1 aromatic carbocycles. The summed E-state index contributed by atoms with van der Waals surface area (Å²) in [6.45, 7) is -0.712. The maximum atomic E-state index is 13.0. The number of benzene rings is 1. The zero-order valence-corrected chi connectivity index (χ0v) is 18.4. The maximum absolute atomic E-state index is 13.0. The first-order valence-electron chi connectivity index (χ1n) is 9.92. The predicted molar refractivity (Wildman–Crippen MR) is 122 cm³/mol. The minimum atomic E-state index is -1.43. The molecule has 0 aliphatic heterocycles. The van der Waals surface area contributed by atoms with Crippen LogP contribution in [0.3, 0.4) is 0 Å². The SMILES string of the molecule is NC(=O)CC(NC(=O)C(Cc1c[nH]c2ccccc12)NC(=O)C(N)CS)C(=O)NCC(=O)O. The molecule has 1 aromatic heterocycles. The molecule has 2 rings (SSSR count). The lowest BCUT2D eigenvalue weighted by molar-refractivity contribution is -0.138. The van der Waals surface area contributed by atoms with E-state index in [0.29, 0.717) is 5.56 Å². The molecular formula is C20H26N6O6S. The van der Waals surface area contributed by atoms with Gasteiger partial charge in [0.15, 0.2) is 0 Å². The Kier molecular flexibility index (Phi) is 9.24. The van der Waals surface area contributed by atoms with E-state index in [1.165, 1.54) is 0 Å². The van der Waals surface area contributed by atoms with Crippen LogP contribution in [0.1, 0.15) is 12.0 Å². The summed E-state index contributed by atoms with van der Waals surface area (Å²) < 4.78 is 0. The summed E-state index contributed by atoms with van der Waals surface area (Å²) in [6.07, 6.45) is 1.16. The molecule has 0 radical (unpaired) electrons. The Hall–Kier alpha value is -3.58. The molecule has 0 aliphatic rings. The van der Waals surface area contributed by atoms with Gasteiger partial charge in [-0.1, -0.05) is 18.2 Å². The standard InChI is InChI=1S/C20H26N6O6S/c21-12(9-33)18(30)25-14(5-10-7-23-13-4-2-1-3-11(10)13)20(32)26-15(6-16(22)27)19(31)24-8-17(28)29/h1-4,7,12,14-15,23,33H,5-6,8-9,21H2,(H2,22,27)(H,24,31)(H,25,30)(H,26,32)(H,28,29). The summed E-state index contributed by atoms with van der Waals surface area (Å²) in [4.78, 5) is 62.9. The quantitative estimate of drug-likeness (QED) is 0.161. The van der Waals surface area contributed by atoms with Crippen molar-refractivity contribution in [3.05, 3.63) is 36.0 Å². The van der Waals surface area contributed by atoms with E-state index in [1.54, 1.807) is 6.20 Å². The first-order chi connectivity index (χ1) is 15.6. The zero-order chi connectivity index (χ0) is 24.5. The average Bonchev–Trinajstić information content (AvgIpc) is 3.18. The fourth-order valence-electron chi connectivity index (χ4n) is 3.06. The zero-order valence-electron chi connectivity index (χ0n) is 17.5. The van der Waals surface area contributed by atoms with Crippen LogP contribution in [-0.2, 0) is 30.4 Å². The van der Waals surface area contributed by atoms with E-state index in [4.69, 9.17) is 16.6 Å². The molecule has 0 saturated heterocycles. The second-order valence-electron chi connectivity index (χ2n) is 7.26. The van der Waals surface area contributed by atoms with Crippen LogP contribution in [0.25, 0.3) is 10.9 Å². The van der Waals surface area contributed by atoms with Crippen LogP contribution in [0.5, 0.6) is 0 Å². The molecule has 1 heterocycles. The highest BCUT2D eigenvalue weighted by Crippen LogP contribution is 2.19. The van der Waals surface area contributed by atoms with E-state index < -0.39 is 60.7 Å². The van der Waals surface area contributed by atoms with Gasteiger partial charge in [-0.2, -0.15) is 12.6 Å². The summed E-state index contributed by atoms with van der Waals surface area (Å²) in [5, 5.41) is 16.6. The van der Waals surface area contributed by atoms with E-state index in [9.17, 15) is 24.0 Å². The van der Waals surface area contributed by atoms with Crippen molar-refractivity contribution in [2.24, 2.45) is 11.5 Å². The lowest BCUT2D eigenvalue weighted by Gasteiger charge is -2.23. The predicted octanol–water partition coefficient (Wildman–Crippen LogP) is -1.99. The summed E-state index contributed by atoms with van der Waals surface area (Å²) in [5.74, 6) is -4.48. The molecule has 4 amide bonds. The Labute approximate surface area is 194 Å². The molecule has 33 heavy (non-hydrogen) atoms. The number of para-hydroxylation sites is 1. The number of hydrogen-bond acceptors (Lipinski definition) is 7. The number of amides is 4. The van der Waals surface area contributed by atoms with E-state index in [-0.39, 0.29) is 12.2 Å². The Morgan fingerprint density at radius 1 is 1.03 bits per heavy atom. The van der Waals surface area contributed by atoms with Crippen LogP contribution < -0.4 is 27.4 Å². The number of carboxylic acids is 1. The van der Waals surface area contributed by atoms with Gasteiger partial charge in [0.05, 0.1) is 12.5 Å². The third-order valence-electron chi connectivity index (χ3n) is 4.72. The Morgan fingerprint density at radius 2 is 1.70 bits per heavy atom. The number of hydrogen-bond donors (Lipinski definition) is 8. The lowest BCUT2D eigenvalue weighted by atomic mass is 10.0. The van der Waals surface area contributed by atoms with Crippen LogP contribution in [0.4, 0.5) is 0 Å². The van der Waals surface area contributed by atoms with Crippen molar-refractivity contribution < 1.29 is 29.1 Å². The summed E-state index contributed by atoms with van der Waals surface area (Å²) in [6, 6.07) is 3.77. The third-order valence-corrected chi connectivity index (χ3v) is 5.11. The number of nitrogens with one attached hydrogen (secondary N) is 4. The minimum Gasteiger partial charge on any atom is -0.480 e. The van der Waals surface area contributed by atoms with Gasteiger partial charge in [-0.15, -0.1) is 0 Å². The van der Waals surface area contributed by atoms with Gasteiger partial charge in [0.1, 0.15) is 18.6 Å². The molecule has 13 heteroatoms. The molecule has 0 saturated carbocycles. The fraction of sp³-hybridized carbons (Fsp3) is 0.350. The maximum Gasteiger partial charge on any atom is 0.322 e. The Morgan fingerprint density at radius 3 is 2.33 bits per heavy atom. The van der Waals surface area contributed by atoms with Gasteiger partial charge in [0.25, 0.3) is 0 Å². The number of aromatic amines is 1. The average molecular weight is 479 g/mol. The number of H-pyrrole nitrogens is 1. The highest BCUT2D eigenvalue weighted by molar-refractivity contribution is 7.80.